The largest absolute Gasteiger partial charge is 0.357 e. The van der Waals surface area contributed by atoms with Crippen LogP contribution in [0.2, 0.25) is 0 Å². The normalized spacial score (nSPS) is 10.2. The van der Waals surface area contributed by atoms with Crippen LogP contribution in [0.15, 0.2) is 53.8 Å². The molecular weight excluding hydrogens is 312 g/mol. The van der Waals surface area contributed by atoms with Crippen molar-refractivity contribution in [3.05, 3.63) is 65.0 Å². The number of anilines is 1. The molecule has 114 valence electrons. The minimum absolute atomic E-state index is 0.105. The average Bonchev–Trinajstić information content (AvgIpc) is 2.94. The Balaban J connectivity index is 1.89. The fourth-order valence-electron chi connectivity index (χ4n) is 1.80. The lowest BCUT2D eigenvalue weighted by Gasteiger charge is -2.04. The van der Waals surface area contributed by atoms with Crippen molar-refractivity contribution in [2.75, 3.05) is 5.32 Å². The van der Waals surface area contributed by atoms with Gasteiger partial charge >= 0.3 is 0 Å². The van der Waals surface area contributed by atoms with Gasteiger partial charge in [0.15, 0.2) is 5.13 Å². The van der Waals surface area contributed by atoms with Crippen molar-refractivity contribution in [2.45, 2.75) is 19.9 Å². The number of carbonyl (C=O) groups excluding carboxylic acids is 1. The van der Waals surface area contributed by atoms with Crippen molar-refractivity contribution in [1.82, 2.24) is 4.98 Å². The SMILES string of the molecule is C=C(CC(C)=O)SC(=C)c1csc(NCc2ccccc2)n1. The quantitative estimate of drug-likeness (QED) is 0.743. The molecule has 0 aliphatic heterocycles. The molecule has 0 aliphatic rings. The molecular formula is C17H18N2OS2. The minimum Gasteiger partial charge on any atom is -0.357 e. The molecule has 2 rings (SSSR count). The number of aromatic nitrogens is 1. The Bertz CT molecular complexity index is 677. The van der Waals surface area contributed by atoms with E-state index in [1.54, 1.807) is 18.3 Å². The Morgan fingerprint density at radius 1 is 1.32 bits per heavy atom. The van der Waals surface area contributed by atoms with E-state index in [0.29, 0.717) is 6.42 Å². The standard InChI is InChI=1S/C17H18N2OS2/c1-12(20)9-13(2)22-14(3)16-11-21-17(19-16)18-10-15-7-5-4-6-8-15/h4-8,11H,2-3,9-10H2,1H3,(H,18,19). The number of benzene rings is 1. The maximum Gasteiger partial charge on any atom is 0.183 e. The third kappa shape index (κ3) is 5.16. The summed E-state index contributed by atoms with van der Waals surface area (Å²) in [4.78, 5) is 17.2. The second-order valence-corrected chi connectivity index (χ2v) is 6.95. The first-order valence-electron chi connectivity index (χ1n) is 6.82. The summed E-state index contributed by atoms with van der Waals surface area (Å²) in [6.07, 6.45) is 0.368. The lowest BCUT2D eigenvalue weighted by molar-refractivity contribution is -0.116. The summed E-state index contributed by atoms with van der Waals surface area (Å²) in [5.74, 6) is 0.105. The topological polar surface area (TPSA) is 42.0 Å². The third-order valence-electron chi connectivity index (χ3n) is 2.79. The number of nitrogens with zero attached hydrogens (tertiary/aromatic N) is 1. The zero-order chi connectivity index (χ0) is 15.9. The van der Waals surface area contributed by atoms with Crippen molar-refractivity contribution in [3.8, 4) is 0 Å². The lowest BCUT2D eigenvalue weighted by Crippen LogP contribution is -1.98. The Hall–Kier alpha value is -1.85. The molecule has 0 amide bonds. The van der Waals surface area contributed by atoms with Crippen LogP contribution in [-0.2, 0) is 11.3 Å². The van der Waals surface area contributed by atoms with E-state index in [4.69, 9.17) is 0 Å². The van der Waals surface area contributed by atoms with Crippen LogP contribution >= 0.6 is 23.1 Å². The molecule has 0 atom stereocenters. The van der Waals surface area contributed by atoms with Crippen LogP contribution < -0.4 is 5.32 Å². The molecule has 1 aromatic carbocycles. The summed E-state index contributed by atoms with van der Waals surface area (Å²) >= 11 is 2.96. The van der Waals surface area contributed by atoms with Gasteiger partial charge in [0.05, 0.1) is 5.69 Å². The number of thiazole rings is 1. The maximum atomic E-state index is 11.1. The number of Topliss-reactive ketones (excluding diaryl/α,β-unsaturated/α-hetero) is 1. The van der Waals surface area contributed by atoms with Crippen LogP contribution in [0.5, 0.6) is 0 Å². The van der Waals surface area contributed by atoms with Gasteiger partial charge in [0.1, 0.15) is 5.78 Å². The van der Waals surface area contributed by atoms with Gasteiger partial charge in [-0.15, -0.1) is 11.3 Å². The predicted molar refractivity (Wildman–Crippen MR) is 96.9 cm³/mol. The number of ketones is 1. The molecule has 0 spiro atoms. The van der Waals surface area contributed by atoms with Crippen LogP contribution in [-0.4, -0.2) is 10.8 Å². The zero-order valence-electron chi connectivity index (χ0n) is 12.5. The lowest BCUT2D eigenvalue weighted by atomic mass is 10.2. The number of rotatable bonds is 8. The first kappa shape index (κ1) is 16.5. The van der Waals surface area contributed by atoms with Crippen molar-refractivity contribution in [1.29, 1.82) is 0 Å². The fraction of sp³-hybridized carbons (Fsp3) is 0.176. The molecule has 0 bridgehead atoms. The predicted octanol–water partition coefficient (Wildman–Crippen LogP) is 4.95. The van der Waals surface area contributed by atoms with Gasteiger partial charge in [-0.2, -0.15) is 0 Å². The monoisotopic (exact) mass is 330 g/mol. The molecule has 0 unspecified atom stereocenters. The number of carbonyl (C=O) groups is 1. The van der Waals surface area contributed by atoms with Gasteiger partial charge in [0, 0.05) is 23.3 Å². The summed E-state index contributed by atoms with van der Waals surface area (Å²) < 4.78 is 0. The van der Waals surface area contributed by atoms with Gasteiger partial charge in [-0.05, 0) is 17.4 Å². The van der Waals surface area contributed by atoms with Crippen LogP contribution in [0.1, 0.15) is 24.6 Å². The van der Waals surface area contributed by atoms with E-state index in [1.807, 2.05) is 23.6 Å². The molecule has 5 heteroatoms. The maximum absolute atomic E-state index is 11.1. The summed E-state index contributed by atoms with van der Waals surface area (Å²) in [5, 5.41) is 6.12. The van der Waals surface area contributed by atoms with E-state index >= 15 is 0 Å². The van der Waals surface area contributed by atoms with E-state index in [-0.39, 0.29) is 5.78 Å². The first-order valence-corrected chi connectivity index (χ1v) is 8.52. The van der Waals surface area contributed by atoms with Gasteiger partial charge in [0.25, 0.3) is 0 Å². The highest BCUT2D eigenvalue weighted by Gasteiger charge is 2.09. The molecule has 0 aliphatic carbocycles. The number of hydrogen-bond acceptors (Lipinski definition) is 5. The smallest absolute Gasteiger partial charge is 0.183 e. The van der Waals surface area contributed by atoms with Crippen LogP contribution in [0.25, 0.3) is 4.91 Å². The minimum atomic E-state index is 0.105. The molecule has 0 saturated carbocycles. The van der Waals surface area contributed by atoms with E-state index in [1.165, 1.54) is 17.3 Å². The van der Waals surface area contributed by atoms with Gasteiger partial charge in [-0.25, -0.2) is 4.98 Å². The number of thioether (sulfide) groups is 1. The Morgan fingerprint density at radius 3 is 2.73 bits per heavy atom. The summed E-state index contributed by atoms with van der Waals surface area (Å²) in [5.41, 5.74) is 2.04. The van der Waals surface area contributed by atoms with Crippen LogP contribution in [0.3, 0.4) is 0 Å². The van der Waals surface area contributed by atoms with Gasteiger partial charge in [-0.3, -0.25) is 4.79 Å². The van der Waals surface area contributed by atoms with Crippen molar-refractivity contribution in [3.63, 3.8) is 0 Å². The van der Waals surface area contributed by atoms with Crippen molar-refractivity contribution < 1.29 is 4.79 Å². The van der Waals surface area contributed by atoms with Gasteiger partial charge in [0.2, 0.25) is 0 Å². The Labute approximate surface area is 139 Å². The molecule has 0 saturated heterocycles. The molecule has 3 nitrogen and oxygen atoms in total. The van der Waals surface area contributed by atoms with E-state index in [9.17, 15) is 4.79 Å². The summed E-state index contributed by atoms with van der Waals surface area (Å²) in [6.45, 7) is 10.2. The Kier molecular flexibility index (Phi) is 5.98. The number of allylic oxidation sites excluding steroid dienone is 1. The first-order chi connectivity index (χ1) is 10.5. The van der Waals surface area contributed by atoms with Crippen molar-refractivity contribution in [2.24, 2.45) is 0 Å². The highest BCUT2D eigenvalue weighted by Crippen LogP contribution is 2.34. The second kappa shape index (κ2) is 7.96. The highest BCUT2D eigenvalue weighted by molar-refractivity contribution is 8.11. The molecule has 0 fully saturated rings. The Morgan fingerprint density at radius 2 is 2.05 bits per heavy atom. The van der Waals surface area contributed by atoms with Gasteiger partial charge in [-0.1, -0.05) is 55.3 Å². The van der Waals surface area contributed by atoms with Crippen LogP contribution in [0.4, 0.5) is 5.13 Å². The molecule has 1 aromatic heterocycles. The van der Waals surface area contributed by atoms with Gasteiger partial charge < -0.3 is 5.32 Å². The summed E-state index contributed by atoms with van der Waals surface area (Å²) in [6, 6.07) is 10.2. The van der Waals surface area contributed by atoms with Crippen LogP contribution in [0, 0.1) is 0 Å². The van der Waals surface area contributed by atoms with Crippen molar-refractivity contribution >= 4 is 38.9 Å². The molecule has 1 N–H and O–H groups in total. The van der Waals surface area contributed by atoms with E-state index in [2.05, 4.69) is 35.6 Å². The van der Waals surface area contributed by atoms with E-state index < -0.39 is 0 Å². The molecule has 1 heterocycles. The molecule has 0 radical (unpaired) electrons. The fourth-order valence-corrected chi connectivity index (χ4v) is 3.43. The average molecular weight is 330 g/mol. The number of nitrogens with one attached hydrogen (secondary N) is 1. The van der Waals surface area contributed by atoms with E-state index in [0.717, 1.165) is 27.2 Å². The zero-order valence-corrected chi connectivity index (χ0v) is 14.1. The third-order valence-corrected chi connectivity index (χ3v) is 4.48. The number of hydrogen-bond donors (Lipinski definition) is 1. The second-order valence-electron chi connectivity index (χ2n) is 4.82. The highest BCUT2D eigenvalue weighted by atomic mass is 32.2. The summed E-state index contributed by atoms with van der Waals surface area (Å²) in [7, 11) is 0. The molecule has 22 heavy (non-hydrogen) atoms. The molecule has 2 aromatic rings.